The van der Waals surface area contributed by atoms with E-state index in [1.165, 1.54) is 6.07 Å². The number of benzene rings is 1. The quantitative estimate of drug-likeness (QED) is 0.330. The van der Waals surface area contributed by atoms with Gasteiger partial charge in [0.05, 0.1) is 11.5 Å². The minimum Gasteiger partial charge on any atom is -0.487 e. The molecule has 0 atom stereocenters. The highest BCUT2D eigenvalue weighted by Gasteiger charge is 2.15. The Bertz CT molecular complexity index is 382. The summed E-state index contributed by atoms with van der Waals surface area (Å²) in [5, 5.41) is 11.5. The molecule has 0 unspecified atom stereocenters. The van der Waals surface area contributed by atoms with Gasteiger partial charge in [0.25, 0.3) is 0 Å². The standard InChI is InChI=1S/C12H16BrNO3/c1-2-3-4-7-17-12-8-10(9-13)5-6-11(12)14(15)16/h5-6,8H,2-4,7,9H2,1H3. The Hall–Kier alpha value is -1.10. The van der Waals surface area contributed by atoms with Gasteiger partial charge in [-0.05, 0) is 18.1 Å². The second-order valence-electron chi connectivity index (χ2n) is 3.75. The minimum atomic E-state index is -0.410. The van der Waals surface area contributed by atoms with Gasteiger partial charge in [-0.25, -0.2) is 0 Å². The molecule has 0 saturated carbocycles. The Morgan fingerprint density at radius 3 is 2.76 bits per heavy atom. The van der Waals surface area contributed by atoms with E-state index in [9.17, 15) is 10.1 Å². The lowest BCUT2D eigenvalue weighted by atomic mass is 10.2. The first-order valence-corrected chi connectivity index (χ1v) is 6.77. The van der Waals surface area contributed by atoms with Crippen molar-refractivity contribution >= 4 is 21.6 Å². The summed E-state index contributed by atoms with van der Waals surface area (Å²) in [7, 11) is 0. The lowest BCUT2D eigenvalue weighted by Crippen LogP contribution is -2.01. The number of rotatable bonds is 7. The van der Waals surface area contributed by atoms with Crippen LogP contribution in [-0.2, 0) is 5.33 Å². The molecule has 0 heterocycles. The van der Waals surface area contributed by atoms with E-state index in [4.69, 9.17) is 4.74 Å². The second-order valence-corrected chi connectivity index (χ2v) is 4.31. The van der Waals surface area contributed by atoms with Gasteiger partial charge in [-0.1, -0.05) is 41.8 Å². The maximum absolute atomic E-state index is 10.8. The topological polar surface area (TPSA) is 52.4 Å². The van der Waals surface area contributed by atoms with E-state index in [-0.39, 0.29) is 5.69 Å². The fraction of sp³-hybridized carbons (Fsp3) is 0.500. The molecule has 0 aliphatic rings. The Kier molecular flexibility index (Phi) is 5.97. The number of halogens is 1. The van der Waals surface area contributed by atoms with E-state index in [1.807, 2.05) is 0 Å². The van der Waals surface area contributed by atoms with Gasteiger partial charge in [-0.3, -0.25) is 10.1 Å². The molecule has 0 bridgehead atoms. The fourth-order valence-corrected chi connectivity index (χ4v) is 1.79. The largest absolute Gasteiger partial charge is 0.487 e. The summed E-state index contributed by atoms with van der Waals surface area (Å²) in [5.74, 6) is 0.364. The normalized spacial score (nSPS) is 10.2. The lowest BCUT2D eigenvalue weighted by Gasteiger charge is -2.07. The van der Waals surface area contributed by atoms with Crippen molar-refractivity contribution in [3.8, 4) is 5.75 Å². The molecule has 0 amide bonds. The Morgan fingerprint density at radius 1 is 1.41 bits per heavy atom. The van der Waals surface area contributed by atoms with Gasteiger partial charge in [-0.2, -0.15) is 0 Å². The molecule has 0 aliphatic carbocycles. The van der Waals surface area contributed by atoms with Gasteiger partial charge in [-0.15, -0.1) is 0 Å². The van der Waals surface area contributed by atoms with Crippen LogP contribution in [0.15, 0.2) is 18.2 Å². The predicted molar refractivity (Wildman–Crippen MR) is 70.7 cm³/mol. The first-order valence-electron chi connectivity index (χ1n) is 5.65. The second kappa shape index (κ2) is 7.27. The third-order valence-corrected chi connectivity index (χ3v) is 3.03. The number of hydrogen-bond acceptors (Lipinski definition) is 3. The Morgan fingerprint density at radius 2 is 2.18 bits per heavy atom. The van der Waals surface area contributed by atoms with E-state index >= 15 is 0 Å². The number of nitrogens with zero attached hydrogens (tertiary/aromatic N) is 1. The maximum Gasteiger partial charge on any atom is 0.310 e. The van der Waals surface area contributed by atoms with Crippen LogP contribution in [0.25, 0.3) is 0 Å². The zero-order valence-corrected chi connectivity index (χ0v) is 11.4. The van der Waals surface area contributed by atoms with E-state index in [0.717, 1.165) is 24.8 Å². The number of ether oxygens (including phenoxy) is 1. The number of alkyl halides is 1. The molecule has 1 rings (SSSR count). The molecular weight excluding hydrogens is 286 g/mol. The third-order valence-electron chi connectivity index (χ3n) is 2.38. The van der Waals surface area contributed by atoms with Crippen molar-refractivity contribution in [2.75, 3.05) is 6.61 Å². The summed E-state index contributed by atoms with van der Waals surface area (Å²) in [5.41, 5.74) is 1.01. The van der Waals surface area contributed by atoms with Crippen molar-refractivity contribution in [3.05, 3.63) is 33.9 Å². The van der Waals surface area contributed by atoms with Crippen LogP contribution in [-0.4, -0.2) is 11.5 Å². The highest BCUT2D eigenvalue weighted by Crippen LogP contribution is 2.28. The van der Waals surface area contributed by atoms with Gasteiger partial charge in [0.1, 0.15) is 0 Å². The fourth-order valence-electron chi connectivity index (χ4n) is 1.44. The summed E-state index contributed by atoms with van der Waals surface area (Å²) in [6, 6.07) is 4.94. The third kappa shape index (κ3) is 4.34. The summed E-state index contributed by atoms with van der Waals surface area (Å²) in [6.07, 6.45) is 3.10. The zero-order chi connectivity index (χ0) is 12.7. The van der Waals surface area contributed by atoms with E-state index < -0.39 is 4.92 Å². The predicted octanol–water partition coefficient (Wildman–Crippen LogP) is 4.06. The molecule has 0 radical (unpaired) electrons. The molecule has 0 aromatic heterocycles. The number of hydrogen-bond donors (Lipinski definition) is 0. The summed E-state index contributed by atoms with van der Waals surface area (Å²) >= 11 is 3.32. The summed E-state index contributed by atoms with van der Waals surface area (Å²) < 4.78 is 5.48. The van der Waals surface area contributed by atoms with Gasteiger partial charge in [0.15, 0.2) is 5.75 Å². The van der Waals surface area contributed by atoms with Crippen LogP contribution in [0.4, 0.5) is 5.69 Å². The van der Waals surface area contributed by atoms with Crippen LogP contribution in [0.1, 0.15) is 31.7 Å². The molecule has 94 valence electrons. The molecule has 1 aromatic carbocycles. The van der Waals surface area contributed by atoms with Gasteiger partial charge < -0.3 is 4.74 Å². The molecule has 0 N–H and O–H groups in total. The average Bonchev–Trinajstić information content (AvgIpc) is 2.34. The molecule has 0 spiro atoms. The van der Waals surface area contributed by atoms with Crippen molar-refractivity contribution in [2.45, 2.75) is 31.5 Å². The molecule has 1 aromatic rings. The average molecular weight is 302 g/mol. The molecule has 0 fully saturated rings. The summed E-state index contributed by atoms with van der Waals surface area (Å²) in [6.45, 7) is 2.63. The first-order chi connectivity index (χ1) is 8.19. The first kappa shape index (κ1) is 14.0. The maximum atomic E-state index is 10.8. The Labute approximate surface area is 109 Å². The van der Waals surface area contributed by atoms with E-state index in [0.29, 0.717) is 17.7 Å². The van der Waals surface area contributed by atoms with Gasteiger partial charge in [0.2, 0.25) is 0 Å². The monoisotopic (exact) mass is 301 g/mol. The van der Waals surface area contributed by atoms with Crippen LogP contribution < -0.4 is 4.74 Å². The Balaban J connectivity index is 2.75. The van der Waals surface area contributed by atoms with Crippen molar-refractivity contribution in [2.24, 2.45) is 0 Å². The van der Waals surface area contributed by atoms with Crippen molar-refractivity contribution in [1.82, 2.24) is 0 Å². The van der Waals surface area contributed by atoms with Crippen LogP contribution >= 0.6 is 15.9 Å². The SMILES string of the molecule is CCCCCOc1cc(CBr)ccc1[N+](=O)[O-]. The van der Waals surface area contributed by atoms with Crippen LogP contribution in [0.3, 0.4) is 0 Å². The van der Waals surface area contributed by atoms with Crippen molar-refractivity contribution < 1.29 is 9.66 Å². The molecule has 0 aliphatic heterocycles. The lowest BCUT2D eigenvalue weighted by molar-refractivity contribution is -0.385. The van der Waals surface area contributed by atoms with E-state index in [2.05, 4.69) is 22.9 Å². The van der Waals surface area contributed by atoms with E-state index in [1.54, 1.807) is 12.1 Å². The van der Waals surface area contributed by atoms with Gasteiger partial charge >= 0.3 is 5.69 Å². The van der Waals surface area contributed by atoms with Crippen LogP contribution in [0.2, 0.25) is 0 Å². The molecule has 17 heavy (non-hydrogen) atoms. The molecule has 5 heteroatoms. The smallest absolute Gasteiger partial charge is 0.310 e. The number of nitro benzene ring substituents is 1. The molecule has 4 nitrogen and oxygen atoms in total. The van der Waals surface area contributed by atoms with Crippen molar-refractivity contribution in [1.29, 1.82) is 0 Å². The molecule has 0 saturated heterocycles. The van der Waals surface area contributed by atoms with Crippen LogP contribution in [0, 0.1) is 10.1 Å². The van der Waals surface area contributed by atoms with Crippen LogP contribution in [0.5, 0.6) is 5.75 Å². The number of nitro groups is 1. The van der Waals surface area contributed by atoms with Gasteiger partial charge in [0, 0.05) is 11.4 Å². The zero-order valence-electron chi connectivity index (χ0n) is 9.82. The molecular formula is C12H16BrNO3. The highest BCUT2D eigenvalue weighted by molar-refractivity contribution is 9.08. The minimum absolute atomic E-state index is 0.0335. The summed E-state index contributed by atoms with van der Waals surface area (Å²) in [4.78, 5) is 10.4. The number of unbranched alkanes of at least 4 members (excludes halogenated alkanes) is 2. The highest BCUT2D eigenvalue weighted by atomic mass is 79.9. The van der Waals surface area contributed by atoms with Crippen molar-refractivity contribution in [3.63, 3.8) is 0 Å².